The number of aliphatic hydroxyl groups excluding tert-OH is 1. The lowest BCUT2D eigenvalue weighted by Gasteiger charge is -2.14. The van der Waals surface area contributed by atoms with Crippen LogP contribution in [0.5, 0.6) is 11.5 Å². The summed E-state index contributed by atoms with van der Waals surface area (Å²) in [6.07, 6.45) is 0. The standard InChI is InChI=1S/C12H14ClNO6/c1-19-9-4-6(3-7(13)10(9)20-2)11(16)14-8(5-15)12(17)18/h3-4,8,15H,5H2,1-2H3,(H,14,16)(H,17,18)/t8-/m1/s1. The number of halogens is 1. The quantitative estimate of drug-likeness (QED) is 0.708. The lowest BCUT2D eigenvalue weighted by atomic mass is 10.1. The third-order valence-corrected chi connectivity index (χ3v) is 2.76. The molecule has 0 spiro atoms. The molecule has 1 rings (SSSR count). The molecule has 1 aromatic rings. The van der Waals surface area contributed by atoms with E-state index < -0.39 is 24.5 Å². The Labute approximate surface area is 120 Å². The number of hydrogen-bond donors (Lipinski definition) is 3. The monoisotopic (exact) mass is 303 g/mol. The first-order valence-corrected chi connectivity index (χ1v) is 5.88. The van der Waals surface area contributed by atoms with Gasteiger partial charge in [-0.1, -0.05) is 11.6 Å². The number of amides is 1. The number of rotatable bonds is 6. The highest BCUT2D eigenvalue weighted by Gasteiger charge is 2.21. The number of ether oxygens (including phenoxy) is 2. The lowest BCUT2D eigenvalue weighted by Crippen LogP contribution is -2.43. The van der Waals surface area contributed by atoms with Crippen molar-refractivity contribution in [2.24, 2.45) is 0 Å². The number of carbonyl (C=O) groups is 2. The number of aliphatic hydroxyl groups is 1. The number of benzene rings is 1. The Hall–Kier alpha value is -1.99. The molecule has 1 atom stereocenters. The number of methoxy groups -OCH3 is 2. The predicted octanol–water partition coefficient (Wildman–Crippen LogP) is 0.532. The van der Waals surface area contributed by atoms with Gasteiger partial charge in [0.1, 0.15) is 0 Å². The molecule has 8 heteroatoms. The van der Waals surface area contributed by atoms with E-state index in [9.17, 15) is 9.59 Å². The molecule has 0 aliphatic carbocycles. The van der Waals surface area contributed by atoms with E-state index in [4.69, 9.17) is 31.3 Å². The minimum Gasteiger partial charge on any atom is -0.493 e. The Balaban J connectivity index is 3.05. The fourth-order valence-electron chi connectivity index (χ4n) is 1.48. The summed E-state index contributed by atoms with van der Waals surface area (Å²) in [5.74, 6) is -1.54. The van der Waals surface area contributed by atoms with E-state index in [2.05, 4.69) is 5.32 Å². The average Bonchev–Trinajstić information content (AvgIpc) is 2.42. The van der Waals surface area contributed by atoms with Crippen molar-refractivity contribution in [3.63, 3.8) is 0 Å². The van der Waals surface area contributed by atoms with Crippen molar-refractivity contribution in [2.75, 3.05) is 20.8 Å². The van der Waals surface area contributed by atoms with Crippen LogP contribution in [0, 0.1) is 0 Å². The molecule has 1 aromatic carbocycles. The van der Waals surface area contributed by atoms with Crippen LogP contribution in [0.15, 0.2) is 12.1 Å². The Bertz CT molecular complexity index is 519. The van der Waals surface area contributed by atoms with E-state index in [0.717, 1.165) is 0 Å². The van der Waals surface area contributed by atoms with Crippen molar-refractivity contribution in [1.29, 1.82) is 0 Å². The largest absolute Gasteiger partial charge is 0.493 e. The van der Waals surface area contributed by atoms with Crippen molar-refractivity contribution >= 4 is 23.5 Å². The number of carboxylic acids is 1. The summed E-state index contributed by atoms with van der Waals surface area (Å²) in [7, 11) is 2.78. The first-order valence-electron chi connectivity index (χ1n) is 5.50. The van der Waals surface area contributed by atoms with Crippen LogP contribution in [-0.2, 0) is 4.79 Å². The van der Waals surface area contributed by atoms with Crippen LogP contribution < -0.4 is 14.8 Å². The zero-order valence-corrected chi connectivity index (χ0v) is 11.6. The van der Waals surface area contributed by atoms with Crippen LogP contribution in [-0.4, -0.2) is 49.0 Å². The Morgan fingerprint density at radius 2 is 2.00 bits per heavy atom. The van der Waals surface area contributed by atoms with Crippen LogP contribution in [0.2, 0.25) is 5.02 Å². The fourth-order valence-corrected chi connectivity index (χ4v) is 1.76. The second-order valence-electron chi connectivity index (χ2n) is 3.74. The summed E-state index contributed by atoms with van der Waals surface area (Å²) in [6.45, 7) is -0.720. The average molecular weight is 304 g/mol. The topological polar surface area (TPSA) is 105 Å². The molecular formula is C12H14ClNO6. The molecule has 0 saturated heterocycles. The molecule has 20 heavy (non-hydrogen) atoms. The molecule has 110 valence electrons. The zero-order valence-electron chi connectivity index (χ0n) is 10.8. The van der Waals surface area contributed by atoms with Crippen LogP contribution >= 0.6 is 11.6 Å². The van der Waals surface area contributed by atoms with Gasteiger partial charge in [0.05, 0.1) is 25.8 Å². The molecule has 7 nitrogen and oxygen atoms in total. The smallest absolute Gasteiger partial charge is 0.328 e. The van der Waals surface area contributed by atoms with Gasteiger partial charge in [0.2, 0.25) is 0 Å². The fraction of sp³-hybridized carbons (Fsp3) is 0.333. The van der Waals surface area contributed by atoms with E-state index in [-0.39, 0.29) is 22.1 Å². The van der Waals surface area contributed by atoms with Gasteiger partial charge in [0.25, 0.3) is 5.91 Å². The number of carbonyl (C=O) groups excluding carboxylic acids is 1. The van der Waals surface area contributed by atoms with Gasteiger partial charge in [-0.2, -0.15) is 0 Å². The first-order chi connectivity index (χ1) is 9.44. The van der Waals surface area contributed by atoms with E-state index in [1.807, 2.05) is 0 Å². The summed E-state index contributed by atoms with van der Waals surface area (Å²) in [5.41, 5.74) is 0.0901. The molecule has 1 amide bonds. The van der Waals surface area contributed by atoms with Crippen molar-refractivity contribution in [3.05, 3.63) is 22.7 Å². The minimum atomic E-state index is -1.39. The molecule has 0 saturated carbocycles. The van der Waals surface area contributed by atoms with Crippen molar-refractivity contribution in [2.45, 2.75) is 6.04 Å². The maximum Gasteiger partial charge on any atom is 0.328 e. The second kappa shape index (κ2) is 6.97. The Morgan fingerprint density at radius 3 is 2.45 bits per heavy atom. The molecule has 0 fully saturated rings. The molecule has 0 radical (unpaired) electrons. The van der Waals surface area contributed by atoms with Gasteiger partial charge >= 0.3 is 5.97 Å². The molecule has 3 N–H and O–H groups in total. The third-order valence-electron chi connectivity index (χ3n) is 2.48. The van der Waals surface area contributed by atoms with Gasteiger partial charge < -0.3 is 25.0 Å². The number of hydrogen-bond acceptors (Lipinski definition) is 5. The Kier molecular flexibility index (Phi) is 5.60. The van der Waals surface area contributed by atoms with Gasteiger partial charge in [0.15, 0.2) is 17.5 Å². The van der Waals surface area contributed by atoms with Crippen molar-refractivity contribution in [1.82, 2.24) is 5.32 Å². The van der Waals surface area contributed by atoms with E-state index in [1.54, 1.807) is 0 Å². The number of aliphatic carboxylic acids is 1. The van der Waals surface area contributed by atoms with E-state index in [0.29, 0.717) is 0 Å². The molecule has 0 aliphatic rings. The van der Waals surface area contributed by atoms with Crippen molar-refractivity contribution < 1.29 is 29.3 Å². The zero-order chi connectivity index (χ0) is 15.3. The van der Waals surface area contributed by atoms with E-state index >= 15 is 0 Å². The van der Waals surface area contributed by atoms with Crippen LogP contribution in [0.25, 0.3) is 0 Å². The van der Waals surface area contributed by atoms with Crippen LogP contribution in [0.3, 0.4) is 0 Å². The first kappa shape index (κ1) is 16.1. The molecule has 0 heterocycles. The highest BCUT2D eigenvalue weighted by molar-refractivity contribution is 6.32. The summed E-state index contributed by atoms with van der Waals surface area (Å²) >= 11 is 5.94. The van der Waals surface area contributed by atoms with Gasteiger partial charge in [-0.25, -0.2) is 4.79 Å². The van der Waals surface area contributed by atoms with Gasteiger partial charge in [-0.15, -0.1) is 0 Å². The molecule has 0 unspecified atom stereocenters. The van der Waals surface area contributed by atoms with Gasteiger partial charge in [0, 0.05) is 5.56 Å². The number of nitrogens with one attached hydrogen (secondary N) is 1. The molecule has 0 bridgehead atoms. The summed E-state index contributed by atoms with van der Waals surface area (Å²) < 4.78 is 10.1. The number of carboxylic acid groups (broad SMARTS) is 1. The molecule has 0 aromatic heterocycles. The van der Waals surface area contributed by atoms with Crippen LogP contribution in [0.4, 0.5) is 0 Å². The lowest BCUT2D eigenvalue weighted by molar-refractivity contribution is -0.140. The van der Waals surface area contributed by atoms with Gasteiger partial charge in [-0.3, -0.25) is 4.79 Å². The predicted molar refractivity (Wildman–Crippen MR) is 70.5 cm³/mol. The SMILES string of the molecule is COc1cc(C(=O)N[C@H](CO)C(=O)O)cc(Cl)c1OC. The molecular weight excluding hydrogens is 290 g/mol. The summed E-state index contributed by atoms with van der Waals surface area (Å²) in [4.78, 5) is 22.6. The van der Waals surface area contributed by atoms with Crippen molar-refractivity contribution in [3.8, 4) is 11.5 Å². The minimum absolute atomic E-state index is 0.0901. The highest BCUT2D eigenvalue weighted by Crippen LogP contribution is 2.35. The maximum absolute atomic E-state index is 11.9. The van der Waals surface area contributed by atoms with Gasteiger partial charge in [-0.05, 0) is 12.1 Å². The van der Waals surface area contributed by atoms with Crippen LogP contribution in [0.1, 0.15) is 10.4 Å². The third kappa shape index (κ3) is 3.52. The summed E-state index contributed by atoms with van der Waals surface area (Å²) in [5, 5.41) is 19.9. The second-order valence-corrected chi connectivity index (χ2v) is 4.15. The summed E-state index contributed by atoms with van der Waals surface area (Å²) in [6, 6.07) is 1.28. The van der Waals surface area contributed by atoms with E-state index in [1.165, 1.54) is 26.4 Å². The Morgan fingerprint density at radius 1 is 1.35 bits per heavy atom. The highest BCUT2D eigenvalue weighted by atomic mass is 35.5. The molecule has 0 aliphatic heterocycles. The normalized spacial score (nSPS) is 11.6. The maximum atomic E-state index is 11.9.